The van der Waals surface area contributed by atoms with Crippen LogP contribution in [0.1, 0.15) is 19.6 Å². The van der Waals surface area contributed by atoms with E-state index < -0.39 is 11.9 Å². The predicted molar refractivity (Wildman–Crippen MR) is 56.6 cm³/mol. The van der Waals surface area contributed by atoms with E-state index in [9.17, 15) is 9.59 Å². The van der Waals surface area contributed by atoms with Crippen molar-refractivity contribution in [1.29, 1.82) is 0 Å². The summed E-state index contributed by atoms with van der Waals surface area (Å²) in [6, 6.07) is 3.44. The Labute approximate surface area is 92.8 Å². The summed E-state index contributed by atoms with van der Waals surface area (Å²) in [4.78, 5) is 22.1. The number of hydrogen-bond acceptors (Lipinski definition) is 3. The average Bonchev–Trinajstić information content (AvgIpc) is 2.76. The molecule has 0 atom stereocenters. The lowest BCUT2D eigenvalue weighted by Gasteiger charge is -2.05. The van der Waals surface area contributed by atoms with Crippen molar-refractivity contribution in [3.8, 4) is 0 Å². The Morgan fingerprint density at radius 2 is 2.06 bits per heavy atom. The number of carbonyl (C=O) groups is 2. The zero-order chi connectivity index (χ0) is 12.1. The first kappa shape index (κ1) is 12.0. The molecular formula is C11H13NO4. The van der Waals surface area contributed by atoms with E-state index in [4.69, 9.17) is 9.52 Å². The monoisotopic (exact) mass is 223 g/mol. The topological polar surface area (TPSA) is 79.5 Å². The molecule has 0 unspecified atom stereocenters. The molecule has 0 aliphatic heterocycles. The third-order valence-corrected chi connectivity index (χ3v) is 2.23. The fraction of sp³-hybridized carbons (Fsp3) is 0.273. The molecule has 1 heterocycles. The van der Waals surface area contributed by atoms with Gasteiger partial charge in [0.25, 0.3) is 0 Å². The number of carboxylic acids is 1. The highest BCUT2D eigenvalue weighted by molar-refractivity contribution is 6.01. The molecule has 0 radical (unpaired) electrons. The minimum absolute atomic E-state index is 0.0388. The number of amides is 1. The van der Waals surface area contributed by atoms with Crippen LogP contribution in [-0.2, 0) is 16.1 Å². The Balaban J connectivity index is 2.59. The summed E-state index contributed by atoms with van der Waals surface area (Å²) in [5.41, 5.74) is 0.232. The van der Waals surface area contributed by atoms with Crippen molar-refractivity contribution in [1.82, 2.24) is 5.32 Å². The smallest absolute Gasteiger partial charge is 0.331 e. The van der Waals surface area contributed by atoms with Crippen molar-refractivity contribution < 1.29 is 19.1 Å². The first-order chi connectivity index (χ1) is 7.52. The minimum atomic E-state index is -1.09. The zero-order valence-electron chi connectivity index (χ0n) is 9.11. The van der Waals surface area contributed by atoms with Gasteiger partial charge in [-0.3, -0.25) is 4.79 Å². The molecule has 0 saturated heterocycles. The van der Waals surface area contributed by atoms with E-state index in [1.165, 1.54) is 20.1 Å². The Bertz CT molecular complexity index is 417. The van der Waals surface area contributed by atoms with E-state index in [0.29, 0.717) is 5.76 Å². The fourth-order valence-electron chi connectivity index (χ4n) is 1.04. The molecule has 86 valence electrons. The molecule has 1 aromatic heterocycles. The van der Waals surface area contributed by atoms with Gasteiger partial charge < -0.3 is 14.8 Å². The van der Waals surface area contributed by atoms with Crippen molar-refractivity contribution in [2.45, 2.75) is 20.4 Å². The molecule has 5 heteroatoms. The minimum Gasteiger partial charge on any atom is -0.478 e. The summed E-state index contributed by atoms with van der Waals surface area (Å²) in [6.07, 6.45) is 1.51. The first-order valence-electron chi connectivity index (χ1n) is 4.73. The van der Waals surface area contributed by atoms with E-state index in [1.807, 2.05) is 0 Å². The van der Waals surface area contributed by atoms with Crippen molar-refractivity contribution >= 4 is 11.9 Å². The highest BCUT2D eigenvalue weighted by atomic mass is 16.4. The molecule has 0 aromatic carbocycles. The summed E-state index contributed by atoms with van der Waals surface area (Å²) >= 11 is 0. The maximum absolute atomic E-state index is 11.5. The van der Waals surface area contributed by atoms with E-state index >= 15 is 0 Å². The molecule has 1 amide bonds. The molecule has 1 rings (SSSR count). The summed E-state index contributed by atoms with van der Waals surface area (Å²) in [5.74, 6) is -0.879. The molecule has 0 saturated carbocycles. The first-order valence-corrected chi connectivity index (χ1v) is 4.73. The lowest BCUT2D eigenvalue weighted by atomic mass is 10.1. The highest BCUT2D eigenvalue weighted by Crippen LogP contribution is 2.05. The second-order valence-corrected chi connectivity index (χ2v) is 3.32. The van der Waals surface area contributed by atoms with Gasteiger partial charge in [0.15, 0.2) is 0 Å². The summed E-state index contributed by atoms with van der Waals surface area (Å²) < 4.78 is 5.02. The zero-order valence-corrected chi connectivity index (χ0v) is 9.11. The molecular weight excluding hydrogens is 210 g/mol. The van der Waals surface area contributed by atoms with Gasteiger partial charge >= 0.3 is 5.97 Å². The van der Waals surface area contributed by atoms with Crippen LogP contribution in [0.25, 0.3) is 0 Å². The third-order valence-electron chi connectivity index (χ3n) is 2.23. The van der Waals surface area contributed by atoms with E-state index in [2.05, 4.69) is 5.32 Å². The van der Waals surface area contributed by atoms with Crippen LogP contribution in [0.3, 0.4) is 0 Å². The number of hydrogen-bond donors (Lipinski definition) is 2. The van der Waals surface area contributed by atoms with Crippen LogP contribution in [0.2, 0.25) is 0 Å². The van der Waals surface area contributed by atoms with Crippen molar-refractivity contribution in [2.24, 2.45) is 0 Å². The normalized spacial score (nSPS) is 11.9. The summed E-state index contributed by atoms with van der Waals surface area (Å²) in [5, 5.41) is 11.3. The number of furan rings is 1. The number of carboxylic acid groups (broad SMARTS) is 1. The largest absolute Gasteiger partial charge is 0.478 e. The molecule has 2 N–H and O–H groups in total. The SMILES string of the molecule is C/C(C(=O)O)=C(\C)C(=O)NCc1ccco1. The molecule has 1 aromatic rings. The highest BCUT2D eigenvalue weighted by Gasteiger charge is 2.12. The maximum atomic E-state index is 11.5. The quantitative estimate of drug-likeness (QED) is 0.754. The van der Waals surface area contributed by atoms with Gasteiger partial charge in [0.05, 0.1) is 12.8 Å². The molecule has 16 heavy (non-hydrogen) atoms. The number of rotatable bonds is 4. The van der Waals surface area contributed by atoms with Gasteiger partial charge in [-0.15, -0.1) is 0 Å². The second-order valence-electron chi connectivity index (χ2n) is 3.32. The standard InChI is InChI=1S/C11H13NO4/c1-7(8(2)11(14)15)10(13)12-6-9-4-3-5-16-9/h3-5H,6H2,1-2H3,(H,12,13)(H,14,15)/b8-7-. The Morgan fingerprint density at radius 1 is 1.38 bits per heavy atom. The second kappa shape index (κ2) is 5.16. The lowest BCUT2D eigenvalue weighted by molar-refractivity contribution is -0.133. The van der Waals surface area contributed by atoms with Crippen LogP contribution in [0.5, 0.6) is 0 Å². The molecule has 5 nitrogen and oxygen atoms in total. The fourth-order valence-corrected chi connectivity index (χ4v) is 1.04. The number of aliphatic carboxylic acids is 1. The molecule has 0 fully saturated rings. The lowest BCUT2D eigenvalue weighted by Crippen LogP contribution is -2.24. The van der Waals surface area contributed by atoms with Crippen LogP contribution in [0.4, 0.5) is 0 Å². The Kier molecular flexibility index (Phi) is 3.88. The van der Waals surface area contributed by atoms with Crippen molar-refractivity contribution in [3.63, 3.8) is 0 Å². The van der Waals surface area contributed by atoms with Gasteiger partial charge in [-0.05, 0) is 26.0 Å². The number of carbonyl (C=O) groups excluding carboxylic acids is 1. The average molecular weight is 223 g/mol. The van der Waals surface area contributed by atoms with E-state index in [0.717, 1.165) is 0 Å². The Hall–Kier alpha value is -2.04. The van der Waals surface area contributed by atoms with Gasteiger partial charge in [0.2, 0.25) is 5.91 Å². The number of nitrogens with one attached hydrogen (secondary N) is 1. The van der Waals surface area contributed by atoms with Crippen LogP contribution in [0, 0.1) is 0 Å². The van der Waals surface area contributed by atoms with Gasteiger partial charge in [-0.1, -0.05) is 0 Å². The molecule has 0 bridgehead atoms. The van der Waals surface area contributed by atoms with Gasteiger partial charge in [0.1, 0.15) is 5.76 Å². The maximum Gasteiger partial charge on any atom is 0.331 e. The summed E-state index contributed by atoms with van der Waals surface area (Å²) in [6.45, 7) is 3.11. The van der Waals surface area contributed by atoms with Crippen LogP contribution in [-0.4, -0.2) is 17.0 Å². The van der Waals surface area contributed by atoms with Gasteiger partial charge in [-0.25, -0.2) is 4.79 Å². The third kappa shape index (κ3) is 2.98. The van der Waals surface area contributed by atoms with E-state index in [1.54, 1.807) is 12.1 Å². The van der Waals surface area contributed by atoms with Crippen molar-refractivity contribution in [2.75, 3.05) is 0 Å². The molecule has 0 spiro atoms. The van der Waals surface area contributed by atoms with E-state index in [-0.39, 0.29) is 17.7 Å². The molecule has 0 aliphatic carbocycles. The summed E-state index contributed by atoms with van der Waals surface area (Å²) in [7, 11) is 0. The van der Waals surface area contributed by atoms with Crippen LogP contribution in [0.15, 0.2) is 34.0 Å². The van der Waals surface area contributed by atoms with Gasteiger partial charge in [0, 0.05) is 11.1 Å². The van der Waals surface area contributed by atoms with Crippen LogP contribution < -0.4 is 5.32 Å². The molecule has 0 aliphatic rings. The van der Waals surface area contributed by atoms with Crippen LogP contribution >= 0.6 is 0 Å². The Morgan fingerprint density at radius 3 is 2.56 bits per heavy atom. The van der Waals surface area contributed by atoms with Gasteiger partial charge in [-0.2, -0.15) is 0 Å². The predicted octanol–water partition coefficient (Wildman–Crippen LogP) is 1.32. The van der Waals surface area contributed by atoms with Crippen molar-refractivity contribution in [3.05, 3.63) is 35.3 Å².